The standard InChI is InChI=1S/C10H22N2O2S3/c1-3-9(10(11)15)17(13,14)12-7-5-4-6-8-16-2/h9,12H,3-8H2,1-2H3,(H2,11,15). The highest BCUT2D eigenvalue weighted by atomic mass is 32.2. The van der Waals surface area contributed by atoms with Crippen LogP contribution >= 0.6 is 24.0 Å². The summed E-state index contributed by atoms with van der Waals surface area (Å²) < 4.78 is 26.2. The number of sulfonamides is 1. The van der Waals surface area contributed by atoms with Gasteiger partial charge in [0.25, 0.3) is 0 Å². The lowest BCUT2D eigenvalue weighted by Gasteiger charge is -2.15. The number of nitrogens with two attached hydrogens (primary N) is 1. The molecule has 0 spiro atoms. The van der Waals surface area contributed by atoms with Gasteiger partial charge in [-0.25, -0.2) is 13.1 Å². The molecule has 0 aliphatic heterocycles. The Morgan fingerprint density at radius 1 is 1.41 bits per heavy atom. The molecule has 0 radical (unpaired) electrons. The van der Waals surface area contributed by atoms with Crippen molar-refractivity contribution in [2.75, 3.05) is 18.6 Å². The van der Waals surface area contributed by atoms with Crippen LogP contribution in [0.2, 0.25) is 0 Å². The van der Waals surface area contributed by atoms with Crippen molar-refractivity contribution in [3.63, 3.8) is 0 Å². The first-order valence-corrected chi connectivity index (χ1v) is 9.07. The molecule has 0 aromatic heterocycles. The largest absolute Gasteiger partial charge is 0.392 e. The molecule has 3 N–H and O–H groups in total. The summed E-state index contributed by atoms with van der Waals surface area (Å²) in [5.74, 6) is 1.12. The van der Waals surface area contributed by atoms with Crippen molar-refractivity contribution in [2.24, 2.45) is 5.73 Å². The lowest BCUT2D eigenvalue weighted by Crippen LogP contribution is -2.41. The second-order valence-corrected chi connectivity index (χ2v) is 7.20. The van der Waals surface area contributed by atoms with E-state index in [-0.39, 0.29) is 4.99 Å². The predicted molar refractivity (Wildman–Crippen MR) is 80.0 cm³/mol. The SMILES string of the molecule is CCC(C(N)=S)S(=O)(=O)NCCCCCSC. The van der Waals surface area contributed by atoms with Crippen LogP contribution in [0.3, 0.4) is 0 Å². The smallest absolute Gasteiger partial charge is 0.220 e. The van der Waals surface area contributed by atoms with Gasteiger partial charge in [0.2, 0.25) is 10.0 Å². The first-order valence-electron chi connectivity index (χ1n) is 5.72. The minimum absolute atomic E-state index is 0.0439. The molecule has 0 saturated heterocycles. The van der Waals surface area contributed by atoms with Gasteiger partial charge in [0, 0.05) is 6.54 Å². The van der Waals surface area contributed by atoms with Crippen molar-refractivity contribution in [1.29, 1.82) is 0 Å². The summed E-state index contributed by atoms with van der Waals surface area (Å²) in [5, 5.41) is -0.747. The Morgan fingerprint density at radius 2 is 2.06 bits per heavy atom. The summed E-state index contributed by atoms with van der Waals surface area (Å²) in [4.78, 5) is 0.0439. The molecule has 0 aliphatic rings. The third kappa shape index (κ3) is 7.23. The summed E-state index contributed by atoms with van der Waals surface area (Å²) in [6.07, 6.45) is 5.49. The Kier molecular flexibility index (Phi) is 9.21. The number of thioether (sulfide) groups is 1. The molecule has 0 bridgehead atoms. The van der Waals surface area contributed by atoms with Crippen molar-refractivity contribution in [1.82, 2.24) is 4.72 Å². The highest BCUT2D eigenvalue weighted by Gasteiger charge is 2.25. The van der Waals surface area contributed by atoms with Crippen LogP contribution in [0, 0.1) is 0 Å². The van der Waals surface area contributed by atoms with E-state index < -0.39 is 15.3 Å². The zero-order valence-corrected chi connectivity index (χ0v) is 12.9. The molecule has 0 rings (SSSR count). The molecule has 0 saturated carbocycles. The Bertz CT molecular complexity index is 318. The Labute approximate surface area is 114 Å². The molecule has 0 heterocycles. The van der Waals surface area contributed by atoms with E-state index in [9.17, 15) is 8.42 Å². The van der Waals surface area contributed by atoms with Crippen molar-refractivity contribution in [3.8, 4) is 0 Å². The molecule has 0 fully saturated rings. The highest BCUT2D eigenvalue weighted by Crippen LogP contribution is 2.06. The van der Waals surface area contributed by atoms with Gasteiger partial charge in [0.1, 0.15) is 5.25 Å². The molecule has 1 atom stereocenters. The van der Waals surface area contributed by atoms with Gasteiger partial charge in [-0.1, -0.05) is 25.6 Å². The van der Waals surface area contributed by atoms with Gasteiger partial charge < -0.3 is 5.73 Å². The maximum Gasteiger partial charge on any atom is 0.220 e. The van der Waals surface area contributed by atoms with Gasteiger partial charge in [0.15, 0.2) is 0 Å². The normalized spacial score (nSPS) is 13.5. The molecule has 0 aromatic carbocycles. The number of hydrogen-bond acceptors (Lipinski definition) is 4. The van der Waals surface area contributed by atoms with E-state index in [1.54, 1.807) is 18.7 Å². The number of nitrogens with one attached hydrogen (secondary N) is 1. The number of thiocarbonyl (C=S) groups is 1. The predicted octanol–water partition coefficient (Wildman–Crippen LogP) is 1.50. The summed E-state index contributed by atoms with van der Waals surface area (Å²) in [5.41, 5.74) is 5.41. The molecular formula is C10H22N2O2S3. The molecule has 102 valence electrons. The molecule has 0 aliphatic carbocycles. The monoisotopic (exact) mass is 298 g/mol. The van der Waals surface area contributed by atoms with E-state index in [1.807, 2.05) is 0 Å². The maximum absolute atomic E-state index is 11.8. The van der Waals surface area contributed by atoms with Crippen LogP contribution in [0.1, 0.15) is 32.6 Å². The van der Waals surface area contributed by atoms with Crippen molar-refractivity contribution in [2.45, 2.75) is 37.9 Å². The van der Waals surface area contributed by atoms with E-state index in [1.165, 1.54) is 0 Å². The maximum atomic E-state index is 11.8. The van der Waals surface area contributed by atoms with Crippen LogP contribution in [0.25, 0.3) is 0 Å². The third-order valence-electron chi connectivity index (χ3n) is 2.39. The van der Waals surface area contributed by atoms with Crippen LogP contribution in [-0.2, 0) is 10.0 Å². The van der Waals surface area contributed by atoms with Crippen LogP contribution in [-0.4, -0.2) is 37.2 Å². The third-order valence-corrected chi connectivity index (χ3v) is 5.46. The zero-order valence-electron chi connectivity index (χ0n) is 10.4. The first kappa shape index (κ1) is 17.2. The molecular weight excluding hydrogens is 276 g/mol. The van der Waals surface area contributed by atoms with Crippen LogP contribution in [0.15, 0.2) is 0 Å². The fourth-order valence-electron chi connectivity index (χ4n) is 1.44. The van der Waals surface area contributed by atoms with E-state index in [0.29, 0.717) is 13.0 Å². The number of rotatable bonds is 10. The average Bonchev–Trinajstić information content (AvgIpc) is 2.23. The first-order chi connectivity index (χ1) is 7.95. The van der Waals surface area contributed by atoms with Gasteiger partial charge in [-0.05, 0) is 31.3 Å². The van der Waals surface area contributed by atoms with Crippen molar-refractivity contribution in [3.05, 3.63) is 0 Å². The second kappa shape index (κ2) is 9.13. The fourth-order valence-corrected chi connectivity index (χ4v) is 3.85. The molecule has 4 nitrogen and oxygen atoms in total. The quantitative estimate of drug-likeness (QED) is 0.472. The van der Waals surface area contributed by atoms with Crippen LogP contribution in [0.4, 0.5) is 0 Å². The molecule has 17 heavy (non-hydrogen) atoms. The van der Waals surface area contributed by atoms with Gasteiger partial charge in [-0.2, -0.15) is 11.8 Å². The molecule has 1 unspecified atom stereocenters. The summed E-state index contributed by atoms with van der Waals surface area (Å²) in [6.45, 7) is 2.23. The van der Waals surface area contributed by atoms with E-state index in [0.717, 1.165) is 25.0 Å². The minimum atomic E-state index is -3.39. The van der Waals surface area contributed by atoms with Gasteiger partial charge in [-0.15, -0.1) is 0 Å². The minimum Gasteiger partial charge on any atom is -0.392 e. The molecule has 0 aromatic rings. The number of hydrogen-bond donors (Lipinski definition) is 2. The number of unbranched alkanes of at least 4 members (excludes halogenated alkanes) is 2. The highest BCUT2D eigenvalue weighted by molar-refractivity contribution is 7.98. The van der Waals surface area contributed by atoms with Gasteiger partial charge in [0.05, 0.1) is 4.99 Å². The van der Waals surface area contributed by atoms with E-state index in [4.69, 9.17) is 18.0 Å². The van der Waals surface area contributed by atoms with Gasteiger partial charge in [-0.3, -0.25) is 0 Å². The molecule has 7 heteroatoms. The fraction of sp³-hybridized carbons (Fsp3) is 0.900. The lowest BCUT2D eigenvalue weighted by molar-refractivity contribution is 0.569. The van der Waals surface area contributed by atoms with Crippen LogP contribution in [0.5, 0.6) is 0 Å². The summed E-state index contributed by atoms with van der Waals surface area (Å²) in [6, 6.07) is 0. The van der Waals surface area contributed by atoms with Gasteiger partial charge >= 0.3 is 0 Å². The summed E-state index contributed by atoms with van der Waals surface area (Å²) >= 11 is 6.56. The van der Waals surface area contributed by atoms with E-state index >= 15 is 0 Å². The molecule has 0 amide bonds. The zero-order chi connectivity index (χ0) is 13.3. The topological polar surface area (TPSA) is 72.2 Å². The Balaban J connectivity index is 3.97. The van der Waals surface area contributed by atoms with Crippen molar-refractivity contribution >= 4 is 39.0 Å². The summed E-state index contributed by atoms with van der Waals surface area (Å²) in [7, 11) is -3.39. The second-order valence-electron chi connectivity index (χ2n) is 3.79. The van der Waals surface area contributed by atoms with E-state index in [2.05, 4.69) is 11.0 Å². The Morgan fingerprint density at radius 3 is 2.53 bits per heavy atom. The Hall–Kier alpha value is 0.150. The average molecular weight is 298 g/mol. The van der Waals surface area contributed by atoms with Crippen molar-refractivity contribution < 1.29 is 8.42 Å². The van der Waals surface area contributed by atoms with Crippen LogP contribution < -0.4 is 10.5 Å². The lowest BCUT2D eigenvalue weighted by atomic mass is 10.2.